The fourth-order valence-corrected chi connectivity index (χ4v) is 8.01. The van der Waals surface area contributed by atoms with E-state index in [-0.39, 0.29) is 16.6 Å². The van der Waals surface area contributed by atoms with Gasteiger partial charge >= 0.3 is 0 Å². The molecule has 30 heavy (non-hydrogen) atoms. The Morgan fingerprint density at radius 3 is 2.60 bits per heavy atom. The average molecular weight is 405 g/mol. The lowest BCUT2D eigenvalue weighted by atomic mass is 9.47. The van der Waals surface area contributed by atoms with E-state index in [0.717, 1.165) is 30.6 Å². The van der Waals surface area contributed by atoms with Crippen molar-refractivity contribution in [2.24, 2.45) is 34.5 Å². The first-order valence-corrected chi connectivity index (χ1v) is 11.8. The second-order valence-electron chi connectivity index (χ2n) is 10.8. The lowest BCUT2D eigenvalue weighted by Crippen LogP contribution is -2.51. The minimum atomic E-state index is -0.418. The molecular weight excluding hydrogens is 372 g/mol. The Labute approximate surface area is 179 Å². The molecule has 6 rings (SSSR count). The zero-order chi connectivity index (χ0) is 20.6. The molecule has 7 atom stereocenters. The molecule has 5 aliphatic rings. The van der Waals surface area contributed by atoms with Gasteiger partial charge in [0.15, 0.2) is 5.78 Å². The largest absolute Gasteiger partial charge is 0.459 e. The molecular formula is C27H32O3. The minimum Gasteiger partial charge on any atom is -0.459 e. The number of allylic oxidation sites excluding steroid dienone is 4. The maximum absolute atomic E-state index is 12.0. The molecule has 0 radical (unpaired) electrons. The van der Waals surface area contributed by atoms with E-state index in [0.29, 0.717) is 11.8 Å². The van der Waals surface area contributed by atoms with E-state index in [1.807, 2.05) is 42.5 Å². The number of ketones is 1. The normalized spacial score (nSPS) is 46.5. The van der Waals surface area contributed by atoms with Gasteiger partial charge in [-0.05, 0) is 86.0 Å². The molecule has 3 saturated carbocycles. The molecule has 3 nitrogen and oxygen atoms in total. The zero-order valence-electron chi connectivity index (χ0n) is 18.1. The summed E-state index contributed by atoms with van der Waals surface area (Å²) >= 11 is 0. The van der Waals surface area contributed by atoms with Crippen LogP contribution in [0.1, 0.15) is 52.4 Å². The van der Waals surface area contributed by atoms with Crippen LogP contribution in [0.15, 0.2) is 54.1 Å². The van der Waals surface area contributed by atoms with E-state index in [1.54, 1.807) is 0 Å². The summed E-state index contributed by atoms with van der Waals surface area (Å²) in [6.07, 6.45) is 13.2. The van der Waals surface area contributed by atoms with Crippen LogP contribution in [-0.2, 0) is 9.53 Å². The number of carbonyl (C=O) groups is 1. The summed E-state index contributed by atoms with van der Waals surface area (Å²) in [6.45, 7) is 5.63. The maximum atomic E-state index is 12.0. The first-order valence-electron chi connectivity index (χ1n) is 11.8. The number of benzene rings is 1. The molecule has 3 heteroatoms. The SMILES string of the molecule is C[C@]12CC[C@H]3[C@@H](CCC4=CC(=O)C=C[C@@]43C)[C@@H]1CC[C@@H]2C1(Oc2ccccc2)CO1. The molecule has 0 spiro atoms. The summed E-state index contributed by atoms with van der Waals surface area (Å²) in [6, 6.07) is 10.2. The highest BCUT2D eigenvalue weighted by molar-refractivity contribution is 6.01. The highest BCUT2D eigenvalue weighted by Crippen LogP contribution is 2.68. The lowest BCUT2D eigenvalue weighted by molar-refractivity contribution is -0.111. The fraction of sp³-hybridized carbons (Fsp3) is 0.593. The van der Waals surface area contributed by atoms with Crippen molar-refractivity contribution in [3.8, 4) is 5.75 Å². The van der Waals surface area contributed by atoms with Gasteiger partial charge in [0.1, 0.15) is 12.4 Å². The number of carbonyl (C=O) groups excluding carboxylic acids is 1. The van der Waals surface area contributed by atoms with Crippen LogP contribution in [0.2, 0.25) is 0 Å². The third kappa shape index (κ3) is 2.57. The summed E-state index contributed by atoms with van der Waals surface area (Å²) in [5, 5.41) is 0. The summed E-state index contributed by atoms with van der Waals surface area (Å²) < 4.78 is 12.6. The molecule has 1 saturated heterocycles. The van der Waals surface area contributed by atoms with Gasteiger partial charge in [0, 0.05) is 11.3 Å². The highest BCUT2D eigenvalue weighted by atomic mass is 16.8. The van der Waals surface area contributed by atoms with Crippen LogP contribution in [-0.4, -0.2) is 18.2 Å². The summed E-state index contributed by atoms with van der Waals surface area (Å²) in [7, 11) is 0. The molecule has 1 aromatic rings. The van der Waals surface area contributed by atoms with Crippen LogP contribution in [0.3, 0.4) is 0 Å². The Bertz CT molecular complexity index is 927. The average Bonchev–Trinajstić information content (AvgIpc) is 3.41. The van der Waals surface area contributed by atoms with E-state index in [1.165, 1.54) is 37.7 Å². The van der Waals surface area contributed by atoms with Gasteiger partial charge < -0.3 is 9.47 Å². The number of hydrogen-bond acceptors (Lipinski definition) is 3. The minimum absolute atomic E-state index is 0.0740. The van der Waals surface area contributed by atoms with E-state index in [9.17, 15) is 4.79 Å². The monoisotopic (exact) mass is 404 g/mol. The van der Waals surface area contributed by atoms with Gasteiger partial charge in [-0.25, -0.2) is 0 Å². The molecule has 0 N–H and O–H groups in total. The maximum Gasteiger partial charge on any atom is 0.237 e. The van der Waals surface area contributed by atoms with Gasteiger partial charge in [-0.2, -0.15) is 0 Å². The second-order valence-corrected chi connectivity index (χ2v) is 10.8. The molecule has 0 amide bonds. The summed E-state index contributed by atoms with van der Waals surface area (Å²) in [5.41, 5.74) is 1.73. The third-order valence-corrected chi connectivity index (χ3v) is 9.55. The van der Waals surface area contributed by atoms with E-state index >= 15 is 0 Å². The van der Waals surface area contributed by atoms with Crippen LogP contribution in [0.25, 0.3) is 0 Å². The van der Waals surface area contributed by atoms with E-state index in [4.69, 9.17) is 9.47 Å². The Balaban J connectivity index is 1.28. The molecule has 1 aromatic carbocycles. The summed E-state index contributed by atoms with van der Waals surface area (Å²) in [5.74, 6) is 3.26. The Morgan fingerprint density at radius 1 is 1.03 bits per heavy atom. The number of hydrogen-bond donors (Lipinski definition) is 0. The lowest BCUT2D eigenvalue weighted by Gasteiger charge is -2.57. The van der Waals surface area contributed by atoms with Crippen molar-refractivity contribution in [1.29, 1.82) is 0 Å². The van der Waals surface area contributed by atoms with Crippen molar-refractivity contribution < 1.29 is 14.3 Å². The molecule has 1 aliphatic heterocycles. The first-order chi connectivity index (χ1) is 14.4. The number of ether oxygens (including phenoxy) is 2. The molecule has 4 aliphatic carbocycles. The van der Waals surface area contributed by atoms with Gasteiger partial charge in [-0.1, -0.05) is 43.7 Å². The van der Waals surface area contributed by atoms with Crippen LogP contribution < -0.4 is 4.74 Å². The van der Waals surface area contributed by atoms with Crippen molar-refractivity contribution in [3.63, 3.8) is 0 Å². The van der Waals surface area contributed by atoms with Crippen LogP contribution in [0, 0.1) is 34.5 Å². The molecule has 1 heterocycles. The molecule has 0 aromatic heterocycles. The van der Waals surface area contributed by atoms with Crippen molar-refractivity contribution in [3.05, 3.63) is 54.1 Å². The van der Waals surface area contributed by atoms with Crippen LogP contribution in [0.5, 0.6) is 5.75 Å². The Morgan fingerprint density at radius 2 is 1.83 bits per heavy atom. The van der Waals surface area contributed by atoms with Crippen molar-refractivity contribution in [1.82, 2.24) is 0 Å². The third-order valence-electron chi connectivity index (χ3n) is 9.55. The first kappa shape index (κ1) is 18.9. The van der Waals surface area contributed by atoms with Crippen LogP contribution in [0.4, 0.5) is 0 Å². The van der Waals surface area contributed by atoms with Crippen molar-refractivity contribution in [2.45, 2.75) is 58.2 Å². The van der Waals surface area contributed by atoms with Gasteiger partial charge in [-0.3, -0.25) is 4.79 Å². The molecule has 1 unspecified atom stereocenters. The second kappa shape index (κ2) is 6.32. The predicted octanol–water partition coefficient (Wildman–Crippen LogP) is 5.72. The standard InChI is InChI=1S/C27H32O3/c1-25-14-12-19(28)16-18(25)8-9-21-22-10-11-24(26(22,2)15-13-23(21)25)27(17-29-27)30-20-6-4-3-5-7-20/h3-7,12,14,16,21-24H,8-11,13,15,17H2,1-2H3/t21-,22-,23-,24-,25-,26-,27?/m0/s1. The molecule has 158 valence electrons. The highest BCUT2D eigenvalue weighted by Gasteiger charge is 2.67. The van der Waals surface area contributed by atoms with E-state index in [2.05, 4.69) is 19.9 Å². The number of para-hydroxylation sites is 1. The Kier molecular flexibility index (Phi) is 3.98. The Hall–Kier alpha value is -1.87. The summed E-state index contributed by atoms with van der Waals surface area (Å²) in [4.78, 5) is 12.0. The van der Waals surface area contributed by atoms with Crippen molar-refractivity contribution >= 4 is 5.78 Å². The smallest absolute Gasteiger partial charge is 0.237 e. The van der Waals surface area contributed by atoms with Gasteiger partial charge in [0.25, 0.3) is 0 Å². The van der Waals surface area contributed by atoms with Gasteiger partial charge in [-0.15, -0.1) is 0 Å². The number of fused-ring (bicyclic) bond motifs is 5. The van der Waals surface area contributed by atoms with E-state index < -0.39 is 5.79 Å². The number of rotatable bonds is 3. The number of epoxide rings is 1. The van der Waals surface area contributed by atoms with Gasteiger partial charge in [0.2, 0.25) is 5.79 Å². The quantitative estimate of drug-likeness (QED) is 0.605. The predicted molar refractivity (Wildman–Crippen MR) is 116 cm³/mol. The van der Waals surface area contributed by atoms with Gasteiger partial charge in [0.05, 0.1) is 0 Å². The zero-order valence-corrected chi connectivity index (χ0v) is 18.1. The molecule has 4 fully saturated rings. The van der Waals surface area contributed by atoms with Crippen LogP contribution >= 0.6 is 0 Å². The van der Waals surface area contributed by atoms with Crippen molar-refractivity contribution in [2.75, 3.05) is 6.61 Å². The molecule has 0 bridgehead atoms. The topological polar surface area (TPSA) is 38.8 Å². The fourth-order valence-electron chi connectivity index (χ4n) is 8.01.